The lowest BCUT2D eigenvalue weighted by Crippen LogP contribution is -2.25. The van der Waals surface area contributed by atoms with Crippen molar-refractivity contribution in [3.8, 4) is 101 Å². The molecule has 0 spiro atoms. The Balaban J connectivity index is 0.000000107. The van der Waals surface area contributed by atoms with Crippen LogP contribution in [0.1, 0.15) is 0 Å². The molecule has 0 aliphatic heterocycles. The fourth-order valence-electron chi connectivity index (χ4n) is 21.4. The van der Waals surface area contributed by atoms with E-state index in [-0.39, 0.29) is 0 Å². The highest BCUT2D eigenvalue weighted by Crippen LogP contribution is 2.53. The van der Waals surface area contributed by atoms with Crippen LogP contribution in [0, 0.1) is 0 Å². The zero-order valence-corrected chi connectivity index (χ0v) is 78.8. The first-order valence-electron chi connectivity index (χ1n) is 48.1. The molecule has 143 heavy (non-hydrogen) atoms. The van der Waals surface area contributed by atoms with Gasteiger partial charge in [0.05, 0.1) is 55.7 Å². The number of benzene rings is 21. The van der Waals surface area contributed by atoms with Crippen molar-refractivity contribution in [2.75, 3.05) is 0 Å². The summed E-state index contributed by atoms with van der Waals surface area (Å²) in [5, 5.41) is 19.5. The van der Waals surface area contributed by atoms with E-state index >= 15 is 4.57 Å². The van der Waals surface area contributed by atoms with E-state index in [4.69, 9.17) is 33.8 Å². The fourth-order valence-corrected chi connectivity index (χ4v) is 25.4. The molecule has 0 aliphatic carbocycles. The van der Waals surface area contributed by atoms with Gasteiger partial charge in [-0.25, -0.2) is 24.9 Å². The standard InChI is InChI=1S/C44H27N3O.C44H27N3S.C43H28NO2P/c2*1-3-14-28(15-4-1)42-35-27-34(43-41(33-21-8-12-25-39(33)48-43)40(35)32-20-7-9-22-36(32)45-42)29-16-13-17-30(26-29)44-46-37-23-10-11-24-38(37)47(44)31-18-5-2-6-19-31;45-47(31-18-6-2-7-19-31,32-20-8-3-9-21-32)33-22-14-17-30(27-33)36-28-37-40(41-35-24-11-13-26-39(35)46-43(36)41)34-23-10-12-25-38(34)44-42(37)29-15-4-1-5-16-29/h2*1-27H;1-28H. The summed E-state index contributed by atoms with van der Waals surface area (Å²) in [6, 6.07) is 172. The van der Waals surface area contributed by atoms with Crippen LogP contribution in [0.25, 0.3) is 252 Å². The summed E-state index contributed by atoms with van der Waals surface area (Å²) in [6.07, 6.45) is 0. The van der Waals surface area contributed by atoms with Crippen molar-refractivity contribution in [1.29, 1.82) is 0 Å². The third-order valence-corrected chi connectivity index (χ3v) is 32.1. The molecular weight excluding hydrogens is 1780 g/mol. The van der Waals surface area contributed by atoms with Gasteiger partial charge in [0, 0.05) is 162 Å². The molecule has 12 heteroatoms. The van der Waals surface area contributed by atoms with E-state index in [1.807, 2.05) is 133 Å². The second-order valence-corrected chi connectivity index (χ2v) is 40.0. The normalized spacial score (nSPS) is 11.8. The van der Waals surface area contributed by atoms with Crippen molar-refractivity contribution in [2.24, 2.45) is 0 Å². The van der Waals surface area contributed by atoms with Gasteiger partial charge in [-0.3, -0.25) is 9.13 Å². The molecule has 21 aromatic carbocycles. The SMILES string of the molecule is O=P(c1ccccc1)(c1ccccc1)c1cccc(-c2cc3c(-c4ccccc4)nc4ccccc4c3c3c2oc2ccccc23)c1.c1ccc(-c2nc3ccccc3c3c2cc(-c2cccc(-c4nc5ccccc5n4-c4ccccc4)c2)c2oc4ccccc4c23)cc1.c1ccc(-c2nc3ccccc3c3c2cc(-c2cccc(-c4nc5ccccc5n4-c4ccccc4)c2)c2sc4ccccc4c23)cc1. The lowest BCUT2D eigenvalue weighted by molar-refractivity contribution is 0.592. The van der Waals surface area contributed by atoms with Crippen molar-refractivity contribution in [3.05, 3.63) is 497 Å². The molecule has 0 atom stereocenters. The molecule has 670 valence electrons. The van der Waals surface area contributed by atoms with Gasteiger partial charge in [-0.05, 0) is 138 Å². The smallest absolute Gasteiger partial charge is 0.171 e. The topological polar surface area (TPSA) is 118 Å². The van der Waals surface area contributed by atoms with Gasteiger partial charge in [0.25, 0.3) is 0 Å². The second-order valence-electron chi connectivity index (χ2n) is 36.2. The minimum absolute atomic E-state index is 0.775. The molecule has 0 radical (unpaired) electrons. The van der Waals surface area contributed by atoms with Crippen molar-refractivity contribution in [3.63, 3.8) is 0 Å². The van der Waals surface area contributed by atoms with Crippen LogP contribution in [0.15, 0.2) is 506 Å². The molecule has 0 saturated heterocycles. The number of hydrogen-bond acceptors (Lipinski definition) is 9. The number of pyridine rings is 3. The Kier molecular flexibility index (Phi) is 20.5. The number of para-hydroxylation sites is 11. The number of hydrogen-bond donors (Lipinski definition) is 0. The van der Waals surface area contributed by atoms with Crippen LogP contribution in [-0.2, 0) is 4.57 Å². The second kappa shape index (κ2) is 34.9. The van der Waals surface area contributed by atoms with Gasteiger partial charge in [-0.2, -0.15) is 0 Å². The van der Waals surface area contributed by atoms with E-state index in [1.165, 1.54) is 36.5 Å². The molecule has 0 unspecified atom stereocenters. The lowest BCUT2D eigenvalue weighted by atomic mass is 9.91. The van der Waals surface area contributed by atoms with Crippen LogP contribution in [0.5, 0.6) is 0 Å². The monoisotopic (exact) mass is 1860 g/mol. The quantitative estimate of drug-likeness (QED) is 0.0827. The van der Waals surface area contributed by atoms with Crippen molar-refractivity contribution in [1.82, 2.24) is 34.1 Å². The average molecular weight is 1870 g/mol. The van der Waals surface area contributed by atoms with Crippen LogP contribution in [-0.4, -0.2) is 34.1 Å². The van der Waals surface area contributed by atoms with Crippen molar-refractivity contribution in [2.45, 2.75) is 0 Å². The molecule has 0 amide bonds. The van der Waals surface area contributed by atoms with Crippen LogP contribution in [0.3, 0.4) is 0 Å². The Morgan fingerprint density at radius 3 is 0.958 bits per heavy atom. The summed E-state index contributed by atoms with van der Waals surface area (Å²) in [4.78, 5) is 26.2. The van der Waals surface area contributed by atoms with Gasteiger partial charge in [0.2, 0.25) is 0 Å². The van der Waals surface area contributed by atoms with Crippen LogP contribution in [0.2, 0.25) is 0 Å². The zero-order valence-electron chi connectivity index (χ0n) is 77.1. The predicted molar refractivity (Wildman–Crippen MR) is 597 cm³/mol. The Morgan fingerprint density at radius 1 is 0.217 bits per heavy atom. The number of imidazole rings is 2. The number of fused-ring (bicyclic) bond motifs is 23. The molecule has 0 bridgehead atoms. The average Bonchev–Trinajstić information content (AvgIpc) is 1.62. The van der Waals surface area contributed by atoms with E-state index in [0.717, 1.165) is 232 Å². The Morgan fingerprint density at radius 2 is 0.524 bits per heavy atom. The van der Waals surface area contributed by atoms with Gasteiger partial charge in [0.15, 0.2) is 7.14 Å². The summed E-state index contributed by atoms with van der Waals surface area (Å²) in [7, 11) is -3.19. The molecular formula is C131H82N7O3PS. The number of furan rings is 2. The molecule has 0 aliphatic rings. The highest BCUT2D eigenvalue weighted by atomic mass is 32.1. The molecule has 10 nitrogen and oxygen atoms in total. The number of thiophene rings is 1. The van der Waals surface area contributed by atoms with E-state index in [0.29, 0.717) is 0 Å². The third kappa shape index (κ3) is 14.3. The molecule has 8 heterocycles. The van der Waals surface area contributed by atoms with E-state index < -0.39 is 7.14 Å². The highest BCUT2D eigenvalue weighted by molar-refractivity contribution is 7.85. The highest BCUT2D eigenvalue weighted by Gasteiger charge is 2.33. The first-order chi connectivity index (χ1) is 70.8. The van der Waals surface area contributed by atoms with Gasteiger partial charge in [-0.1, -0.05) is 376 Å². The number of nitrogens with zero attached hydrogens (tertiary/aromatic N) is 7. The summed E-state index contributed by atoms with van der Waals surface area (Å²) < 4.78 is 36.0. The zero-order chi connectivity index (χ0) is 94.6. The molecule has 0 N–H and O–H groups in total. The maximum atomic E-state index is 15.4. The van der Waals surface area contributed by atoms with Crippen LogP contribution >= 0.6 is 18.5 Å². The minimum Gasteiger partial charge on any atom is -0.455 e. The molecule has 8 aromatic heterocycles. The number of rotatable bonds is 13. The molecule has 0 fully saturated rings. The third-order valence-electron chi connectivity index (χ3n) is 27.8. The largest absolute Gasteiger partial charge is 0.455 e. The summed E-state index contributed by atoms with van der Waals surface area (Å²) in [6.45, 7) is 0. The van der Waals surface area contributed by atoms with Crippen LogP contribution < -0.4 is 15.9 Å². The summed E-state index contributed by atoms with van der Waals surface area (Å²) in [5.74, 6) is 1.82. The Bertz CT molecular complexity index is 9720. The Labute approximate surface area is 825 Å². The maximum Gasteiger partial charge on any atom is 0.171 e. The molecule has 29 rings (SSSR count). The Hall–Kier alpha value is -18.4. The van der Waals surface area contributed by atoms with Crippen molar-refractivity contribution < 1.29 is 13.4 Å². The van der Waals surface area contributed by atoms with Crippen molar-refractivity contribution >= 4 is 186 Å². The first-order valence-corrected chi connectivity index (χ1v) is 50.6. The summed E-state index contributed by atoms with van der Waals surface area (Å²) >= 11 is 1.87. The molecule has 29 aromatic rings. The van der Waals surface area contributed by atoms with E-state index in [1.54, 1.807) is 0 Å². The lowest BCUT2D eigenvalue weighted by Gasteiger charge is -2.21. The minimum atomic E-state index is -3.19. The predicted octanol–water partition coefficient (Wildman–Crippen LogP) is 34.0. The van der Waals surface area contributed by atoms with Gasteiger partial charge in [-0.15, -0.1) is 11.3 Å². The van der Waals surface area contributed by atoms with E-state index in [9.17, 15) is 0 Å². The fraction of sp³-hybridized carbons (Fsp3) is 0. The van der Waals surface area contributed by atoms with Gasteiger partial charge in [0.1, 0.15) is 34.0 Å². The number of aromatic nitrogens is 7. The van der Waals surface area contributed by atoms with E-state index in [2.05, 4.69) is 385 Å². The first kappa shape index (κ1) is 83.9. The molecule has 0 saturated carbocycles. The van der Waals surface area contributed by atoms with Gasteiger partial charge < -0.3 is 13.4 Å². The summed E-state index contributed by atoms with van der Waals surface area (Å²) in [5.41, 5.74) is 27.1. The maximum absolute atomic E-state index is 15.4. The van der Waals surface area contributed by atoms with Gasteiger partial charge >= 0.3 is 0 Å². The van der Waals surface area contributed by atoms with Crippen LogP contribution in [0.4, 0.5) is 0 Å².